The number of carbonyl (C=O) groups excluding carboxylic acids is 1. The standard InChI is InChI=1S/C17H13F2N3O3.C2H6/c1-9-4-2-3-5-10(9)17-21-13(25-22-17)8-24-12-7-6-11(18)14(15(12)19)16(20)23;1-2/h2-7H,8H2,1H3,(H2,20,23);1-2H3. The fraction of sp³-hybridized carbons (Fsp3) is 0.211. The molecule has 8 heteroatoms. The summed E-state index contributed by atoms with van der Waals surface area (Å²) < 4.78 is 37.8. The van der Waals surface area contributed by atoms with Crippen LogP contribution in [0.15, 0.2) is 40.9 Å². The van der Waals surface area contributed by atoms with Crippen molar-refractivity contribution in [3.05, 3.63) is 65.1 Å². The fourth-order valence-electron chi connectivity index (χ4n) is 2.26. The lowest BCUT2D eigenvalue weighted by molar-refractivity contribution is 0.0991. The lowest BCUT2D eigenvalue weighted by Crippen LogP contribution is -2.16. The molecule has 0 atom stereocenters. The van der Waals surface area contributed by atoms with E-state index in [2.05, 4.69) is 10.1 Å². The van der Waals surface area contributed by atoms with Gasteiger partial charge in [-0.1, -0.05) is 43.3 Å². The van der Waals surface area contributed by atoms with Gasteiger partial charge in [0.25, 0.3) is 11.8 Å². The Hall–Kier alpha value is -3.29. The molecule has 6 nitrogen and oxygen atoms in total. The number of hydrogen-bond donors (Lipinski definition) is 1. The van der Waals surface area contributed by atoms with E-state index in [9.17, 15) is 13.6 Å². The summed E-state index contributed by atoms with van der Waals surface area (Å²) >= 11 is 0. The largest absolute Gasteiger partial charge is 0.481 e. The molecule has 3 aromatic rings. The van der Waals surface area contributed by atoms with Crippen LogP contribution in [0.5, 0.6) is 5.75 Å². The maximum absolute atomic E-state index is 14.1. The number of nitrogens with two attached hydrogens (primary N) is 1. The predicted octanol–water partition coefficient (Wildman–Crippen LogP) is 4.03. The van der Waals surface area contributed by atoms with Gasteiger partial charge in [-0.25, -0.2) is 8.78 Å². The monoisotopic (exact) mass is 375 g/mol. The van der Waals surface area contributed by atoms with Gasteiger partial charge in [0, 0.05) is 5.56 Å². The number of ether oxygens (including phenoxy) is 1. The van der Waals surface area contributed by atoms with E-state index in [1.54, 1.807) is 0 Å². The topological polar surface area (TPSA) is 91.2 Å². The molecule has 3 rings (SSSR count). The molecule has 27 heavy (non-hydrogen) atoms. The lowest BCUT2D eigenvalue weighted by atomic mass is 10.1. The van der Waals surface area contributed by atoms with Crippen LogP contribution in [0.25, 0.3) is 11.4 Å². The molecular weight excluding hydrogens is 356 g/mol. The van der Waals surface area contributed by atoms with Gasteiger partial charge in [-0.3, -0.25) is 4.79 Å². The SMILES string of the molecule is CC.Cc1ccccc1-c1noc(COc2ccc(F)c(C(N)=O)c2F)n1. The molecule has 0 saturated heterocycles. The summed E-state index contributed by atoms with van der Waals surface area (Å²) in [6.45, 7) is 5.65. The van der Waals surface area contributed by atoms with E-state index in [-0.39, 0.29) is 18.2 Å². The Morgan fingerprint density at radius 2 is 1.89 bits per heavy atom. The molecule has 142 valence electrons. The summed E-state index contributed by atoms with van der Waals surface area (Å²) in [5.74, 6) is -3.33. The van der Waals surface area contributed by atoms with Crippen molar-refractivity contribution in [2.75, 3.05) is 0 Å². The van der Waals surface area contributed by atoms with Crippen LogP contribution in [0.4, 0.5) is 8.78 Å². The van der Waals surface area contributed by atoms with Gasteiger partial charge in [0.2, 0.25) is 5.82 Å². The quantitative estimate of drug-likeness (QED) is 0.727. The highest BCUT2D eigenvalue weighted by Crippen LogP contribution is 2.24. The Kier molecular flexibility index (Phi) is 6.59. The first-order valence-corrected chi connectivity index (χ1v) is 8.26. The summed E-state index contributed by atoms with van der Waals surface area (Å²) in [6.07, 6.45) is 0. The van der Waals surface area contributed by atoms with Gasteiger partial charge < -0.3 is 15.0 Å². The number of aryl methyl sites for hydroxylation is 1. The van der Waals surface area contributed by atoms with Gasteiger partial charge in [0.05, 0.1) is 0 Å². The molecule has 0 aliphatic heterocycles. The van der Waals surface area contributed by atoms with E-state index in [1.165, 1.54) is 0 Å². The smallest absolute Gasteiger partial charge is 0.264 e. The molecule has 0 saturated carbocycles. The highest BCUT2D eigenvalue weighted by Gasteiger charge is 2.20. The number of hydrogen-bond acceptors (Lipinski definition) is 5. The minimum Gasteiger partial charge on any atom is -0.481 e. The van der Waals surface area contributed by atoms with E-state index >= 15 is 0 Å². The second kappa shape index (κ2) is 8.88. The minimum atomic E-state index is -1.22. The van der Waals surface area contributed by atoms with Crippen molar-refractivity contribution < 1.29 is 22.8 Å². The van der Waals surface area contributed by atoms with Crippen LogP contribution in [0.3, 0.4) is 0 Å². The van der Waals surface area contributed by atoms with Crippen LogP contribution < -0.4 is 10.5 Å². The first kappa shape index (κ1) is 20.0. The number of halogens is 2. The third kappa shape index (κ3) is 4.46. The number of rotatable bonds is 5. The molecule has 0 spiro atoms. The molecule has 0 bridgehead atoms. The zero-order valence-corrected chi connectivity index (χ0v) is 15.1. The Morgan fingerprint density at radius 1 is 1.19 bits per heavy atom. The number of primary amides is 1. The molecule has 0 radical (unpaired) electrons. The lowest BCUT2D eigenvalue weighted by Gasteiger charge is -2.07. The summed E-state index contributed by atoms with van der Waals surface area (Å²) in [4.78, 5) is 15.3. The number of aromatic nitrogens is 2. The number of amides is 1. The zero-order valence-electron chi connectivity index (χ0n) is 15.1. The Labute approximate surface area is 155 Å². The molecule has 0 aliphatic carbocycles. The van der Waals surface area contributed by atoms with Crippen LogP contribution in [0, 0.1) is 18.6 Å². The van der Waals surface area contributed by atoms with Crippen LogP contribution in [-0.2, 0) is 6.61 Å². The number of carbonyl (C=O) groups is 1. The first-order valence-electron chi connectivity index (χ1n) is 8.26. The van der Waals surface area contributed by atoms with Crippen molar-refractivity contribution in [1.29, 1.82) is 0 Å². The van der Waals surface area contributed by atoms with Crippen LogP contribution in [0.2, 0.25) is 0 Å². The Morgan fingerprint density at radius 3 is 2.56 bits per heavy atom. The van der Waals surface area contributed by atoms with E-state index in [0.29, 0.717) is 5.82 Å². The highest BCUT2D eigenvalue weighted by molar-refractivity contribution is 5.93. The van der Waals surface area contributed by atoms with E-state index < -0.39 is 23.1 Å². The molecule has 1 heterocycles. The Bertz CT molecular complexity index is 942. The highest BCUT2D eigenvalue weighted by atomic mass is 19.1. The fourth-order valence-corrected chi connectivity index (χ4v) is 2.26. The second-order valence-corrected chi connectivity index (χ2v) is 5.21. The number of benzene rings is 2. The Balaban J connectivity index is 0.00000126. The summed E-state index contributed by atoms with van der Waals surface area (Å²) in [6, 6.07) is 9.41. The van der Waals surface area contributed by atoms with E-state index in [4.69, 9.17) is 15.0 Å². The van der Waals surface area contributed by atoms with Crippen molar-refractivity contribution in [2.45, 2.75) is 27.4 Å². The maximum Gasteiger partial charge on any atom is 0.264 e. The van der Waals surface area contributed by atoms with Gasteiger partial charge in [-0.05, 0) is 24.6 Å². The zero-order chi connectivity index (χ0) is 20.0. The van der Waals surface area contributed by atoms with Crippen molar-refractivity contribution in [2.24, 2.45) is 5.73 Å². The van der Waals surface area contributed by atoms with Crippen LogP contribution in [0.1, 0.15) is 35.7 Å². The van der Waals surface area contributed by atoms with Crippen LogP contribution in [-0.4, -0.2) is 16.0 Å². The number of nitrogens with zero attached hydrogens (tertiary/aromatic N) is 2. The molecule has 1 amide bonds. The molecule has 2 aromatic carbocycles. The molecule has 1 aromatic heterocycles. The van der Waals surface area contributed by atoms with Gasteiger partial charge in [-0.15, -0.1) is 0 Å². The molecule has 0 fully saturated rings. The molecule has 0 unspecified atom stereocenters. The van der Waals surface area contributed by atoms with E-state index in [0.717, 1.165) is 23.3 Å². The predicted molar refractivity (Wildman–Crippen MR) is 95.0 cm³/mol. The average molecular weight is 375 g/mol. The normalized spacial score (nSPS) is 10.1. The van der Waals surface area contributed by atoms with Gasteiger partial charge in [0.1, 0.15) is 11.4 Å². The summed E-state index contributed by atoms with van der Waals surface area (Å²) in [5, 5.41) is 3.85. The average Bonchev–Trinajstić information content (AvgIpc) is 3.11. The molecular formula is C19H19F2N3O3. The summed E-state index contributed by atoms with van der Waals surface area (Å²) in [5.41, 5.74) is 5.86. The third-order valence-corrected chi connectivity index (χ3v) is 3.51. The van der Waals surface area contributed by atoms with Gasteiger partial charge in [-0.2, -0.15) is 4.98 Å². The second-order valence-electron chi connectivity index (χ2n) is 5.21. The van der Waals surface area contributed by atoms with E-state index in [1.807, 2.05) is 45.0 Å². The van der Waals surface area contributed by atoms with Gasteiger partial charge >= 0.3 is 0 Å². The summed E-state index contributed by atoms with van der Waals surface area (Å²) in [7, 11) is 0. The first-order chi connectivity index (χ1) is 13.0. The maximum atomic E-state index is 14.1. The van der Waals surface area contributed by atoms with Gasteiger partial charge in [0.15, 0.2) is 18.2 Å². The molecule has 0 aliphatic rings. The van der Waals surface area contributed by atoms with Crippen molar-refractivity contribution in [3.63, 3.8) is 0 Å². The minimum absolute atomic E-state index is 0.0996. The van der Waals surface area contributed by atoms with Crippen molar-refractivity contribution in [1.82, 2.24) is 10.1 Å². The van der Waals surface area contributed by atoms with Crippen molar-refractivity contribution in [3.8, 4) is 17.1 Å². The molecule has 2 N–H and O–H groups in total. The van der Waals surface area contributed by atoms with Crippen LogP contribution >= 0.6 is 0 Å². The van der Waals surface area contributed by atoms with Crippen molar-refractivity contribution >= 4 is 5.91 Å². The third-order valence-electron chi connectivity index (χ3n) is 3.51.